The minimum atomic E-state index is 0.114. The third-order valence-corrected chi connectivity index (χ3v) is 2.97. The molecule has 0 heterocycles. The molecular formula is C14H22N2O. The lowest BCUT2D eigenvalue weighted by atomic mass is 10.1. The normalized spacial score (nSPS) is 10.5. The predicted molar refractivity (Wildman–Crippen MR) is 72.6 cm³/mol. The zero-order valence-electron chi connectivity index (χ0n) is 11.4. The average Bonchev–Trinajstić information content (AvgIpc) is 2.28. The van der Waals surface area contributed by atoms with Gasteiger partial charge in [0.15, 0.2) is 0 Å². The molecule has 1 N–H and O–H groups in total. The van der Waals surface area contributed by atoms with Crippen LogP contribution in [0, 0.1) is 6.92 Å². The first-order valence-corrected chi connectivity index (χ1v) is 6.10. The second-order valence-electron chi connectivity index (χ2n) is 4.46. The van der Waals surface area contributed by atoms with E-state index in [4.69, 9.17) is 0 Å². The summed E-state index contributed by atoms with van der Waals surface area (Å²) in [4.78, 5) is 14.2. The highest BCUT2D eigenvalue weighted by Crippen LogP contribution is 2.17. The number of carbonyl (C=O) groups excluding carboxylic acids is 1. The number of rotatable bonds is 4. The second-order valence-corrected chi connectivity index (χ2v) is 4.46. The SMILES string of the molecule is CCN(C(=O)c1ccc(NC)cc1C)C(C)C. The molecule has 0 saturated heterocycles. The molecule has 0 aliphatic carbocycles. The molecule has 0 bridgehead atoms. The van der Waals surface area contributed by atoms with Gasteiger partial charge in [0.1, 0.15) is 0 Å². The van der Waals surface area contributed by atoms with Crippen molar-refractivity contribution in [2.24, 2.45) is 0 Å². The molecule has 1 aromatic rings. The van der Waals surface area contributed by atoms with Crippen molar-refractivity contribution < 1.29 is 4.79 Å². The van der Waals surface area contributed by atoms with E-state index in [1.807, 2.05) is 57.8 Å². The molecule has 3 nitrogen and oxygen atoms in total. The first-order valence-electron chi connectivity index (χ1n) is 6.10. The molecule has 17 heavy (non-hydrogen) atoms. The zero-order chi connectivity index (χ0) is 13.0. The monoisotopic (exact) mass is 234 g/mol. The molecule has 0 atom stereocenters. The lowest BCUT2D eigenvalue weighted by Gasteiger charge is -2.26. The molecule has 0 aliphatic rings. The number of nitrogens with zero attached hydrogens (tertiary/aromatic N) is 1. The van der Waals surface area contributed by atoms with Crippen molar-refractivity contribution >= 4 is 11.6 Å². The summed E-state index contributed by atoms with van der Waals surface area (Å²) in [5.74, 6) is 0.114. The quantitative estimate of drug-likeness (QED) is 0.868. The van der Waals surface area contributed by atoms with E-state index < -0.39 is 0 Å². The molecular weight excluding hydrogens is 212 g/mol. The van der Waals surface area contributed by atoms with Crippen molar-refractivity contribution in [3.63, 3.8) is 0 Å². The summed E-state index contributed by atoms with van der Waals surface area (Å²) in [5.41, 5.74) is 2.84. The number of hydrogen-bond acceptors (Lipinski definition) is 2. The molecule has 0 spiro atoms. The van der Waals surface area contributed by atoms with E-state index in [1.165, 1.54) is 0 Å². The standard InChI is InChI=1S/C14H22N2O/c1-6-16(10(2)3)14(17)13-8-7-12(15-5)9-11(13)4/h7-10,15H,6H2,1-5H3. The van der Waals surface area contributed by atoms with Crippen LogP contribution in [0.1, 0.15) is 36.7 Å². The first-order chi connectivity index (χ1) is 8.01. The van der Waals surface area contributed by atoms with Crippen LogP contribution in [0.15, 0.2) is 18.2 Å². The highest BCUT2D eigenvalue weighted by atomic mass is 16.2. The molecule has 0 aliphatic heterocycles. The lowest BCUT2D eigenvalue weighted by molar-refractivity contribution is 0.0716. The van der Waals surface area contributed by atoms with Gasteiger partial charge in [-0.2, -0.15) is 0 Å². The average molecular weight is 234 g/mol. The summed E-state index contributed by atoms with van der Waals surface area (Å²) in [6.45, 7) is 8.80. The number of anilines is 1. The summed E-state index contributed by atoms with van der Waals surface area (Å²) >= 11 is 0. The third-order valence-electron chi connectivity index (χ3n) is 2.97. The number of nitrogens with one attached hydrogen (secondary N) is 1. The number of amides is 1. The number of aryl methyl sites for hydroxylation is 1. The third kappa shape index (κ3) is 2.99. The molecule has 1 amide bonds. The van der Waals surface area contributed by atoms with Crippen LogP contribution in [0.25, 0.3) is 0 Å². The van der Waals surface area contributed by atoms with Crippen LogP contribution in [0.4, 0.5) is 5.69 Å². The van der Waals surface area contributed by atoms with Gasteiger partial charge in [0.2, 0.25) is 0 Å². The van der Waals surface area contributed by atoms with Crippen LogP contribution in [0.3, 0.4) is 0 Å². The van der Waals surface area contributed by atoms with Gasteiger partial charge in [-0.3, -0.25) is 4.79 Å². The molecule has 94 valence electrons. The van der Waals surface area contributed by atoms with Gasteiger partial charge in [0.25, 0.3) is 5.91 Å². The summed E-state index contributed by atoms with van der Waals surface area (Å²) in [6, 6.07) is 6.07. The van der Waals surface area contributed by atoms with E-state index in [0.29, 0.717) is 0 Å². The van der Waals surface area contributed by atoms with Gasteiger partial charge in [-0.25, -0.2) is 0 Å². The van der Waals surface area contributed by atoms with Crippen LogP contribution in [-0.2, 0) is 0 Å². The van der Waals surface area contributed by atoms with Gasteiger partial charge in [0, 0.05) is 30.9 Å². The molecule has 0 fully saturated rings. The Kier molecular flexibility index (Phi) is 4.55. The van der Waals surface area contributed by atoms with E-state index in [-0.39, 0.29) is 11.9 Å². The Hall–Kier alpha value is -1.51. The topological polar surface area (TPSA) is 32.3 Å². The fourth-order valence-corrected chi connectivity index (χ4v) is 1.96. The lowest BCUT2D eigenvalue weighted by Crippen LogP contribution is -2.37. The van der Waals surface area contributed by atoms with Gasteiger partial charge in [0.05, 0.1) is 0 Å². The van der Waals surface area contributed by atoms with Crippen LogP contribution in [-0.4, -0.2) is 30.4 Å². The summed E-state index contributed by atoms with van der Waals surface area (Å²) < 4.78 is 0. The minimum Gasteiger partial charge on any atom is -0.388 e. The molecule has 3 heteroatoms. The predicted octanol–water partition coefficient (Wildman–Crippen LogP) is 2.91. The second kappa shape index (κ2) is 5.71. The summed E-state index contributed by atoms with van der Waals surface area (Å²) in [7, 11) is 1.88. The van der Waals surface area contributed by atoms with Crippen molar-refractivity contribution in [3.05, 3.63) is 29.3 Å². The Morgan fingerprint density at radius 2 is 2.06 bits per heavy atom. The van der Waals surface area contributed by atoms with Crippen LogP contribution in [0.5, 0.6) is 0 Å². The van der Waals surface area contributed by atoms with Crippen molar-refractivity contribution in [2.75, 3.05) is 18.9 Å². The molecule has 1 rings (SSSR count). The fraction of sp³-hybridized carbons (Fsp3) is 0.500. The fourth-order valence-electron chi connectivity index (χ4n) is 1.96. The maximum atomic E-state index is 12.3. The number of hydrogen-bond donors (Lipinski definition) is 1. The van der Waals surface area contributed by atoms with Gasteiger partial charge in [-0.15, -0.1) is 0 Å². The van der Waals surface area contributed by atoms with E-state index in [1.54, 1.807) is 0 Å². The van der Waals surface area contributed by atoms with Gasteiger partial charge in [-0.1, -0.05) is 0 Å². The van der Waals surface area contributed by atoms with Crippen molar-refractivity contribution in [1.29, 1.82) is 0 Å². The Morgan fingerprint density at radius 3 is 2.47 bits per heavy atom. The summed E-state index contributed by atoms with van der Waals surface area (Å²) in [6.07, 6.45) is 0. The van der Waals surface area contributed by atoms with Gasteiger partial charge in [-0.05, 0) is 51.5 Å². The minimum absolute atomic E-state index is 0.114. The molecule has 1 aromatic carbocycles. The molecule has 0 aromatic heterocycles. The summed E-state index contributed by atoms with van der Waals surface area (Å²) in [5, 5.41) is 3.07. The van der Waals surface area contributed by atoms with Crippen LogP contribution < -0.4 is 5.32 Å². The highest BCUT2D eigenvalue weighted by Gasteiger charge is 2.18. The zero-order valence-corrected chi connectivity index (χ0v) is 11.4. The van der Waals surface area contributed by atoms with Crippen molar-refractivity contribution in [1.82, 2.24) is 4.90 Å². The Balaban J connectivity index is 3.03. The first kappa shape index (κ1) is 13.6. The molecule has 0 saturated carbocycles. The highest BCUT2D eigenvalue weighted by molar-refractivity contribution is 5.96. The van der Waals surface area contributed by atoms with E-state index in [9.17, 15) is 4.79 Å². The Labute approximate surface area is 104 Å². The smallest absolute Gasteiger partial charge is 0.254 e. The Morgan fingerprint density at radius 1 is 1.41 bits per heavy atom. The van der Waals surface area contributed by atoms with Gasteiger partial charge >= 0.3 is 0 Å². The van der Waals surface area contributed by atoms with Gasteiger partial charge < -0.3 is 10.2 Å². The maximum absolute atomic E-state index is 12.3. The molecule has 0 unspecified atom stereocenters. The van der Waals surface area contributed by atoms with Crippen molar-refractivity contribution in [2.45, 2.75) is 33.7 Å². The maximum Gasteiger partial charge on any atom is 0.254 e. The van der Waals surface area contributed by atoms with Crippen molar-refractivity contribution in [3.8, 4) is 0 Å². The van der Waals surface area contributed by atoms with E-state index >= 15 is 0 Å². The van der Waals surface area contributed by atoms with E-state index in [0.717, 1.165) is 23.4 Å². The van der Waals surface area contributed by atoms with E-state index in [2.05, 4.69) is 5.32 Å². The largest absolute Gasteiger partial charge is 0.388 e. The molecule has 0 radical (unpaired) electrons. The van der Waals surface area contributed by atoms with Crippen LogP contribution >= 0.6 is 0 Å². The number of carbonyl (C=O) groups is 1. The van der Waals surface area contributed by atoms with Crippen LogP contribution in [0.2, 0.25) is 0 Å². The number of benzene rings is 1. The Bertz CT molecular complexity index is 399.